The molecule has 6 heteroatoms. The lowest BCUT2D eigenvalue weighted by molar-refractivity contribution is -0.121. The number of benzene rings is 1. The molecule has 0 spiro atoms. The van der Waals surface area contributed by atoms with Gasteiger partial charge in [0.1, 0.15) is 11.6 Å². The van der Waals surface area contributed by atoms with Gasteiger partial charge in [0.2, 0.25) is 5.91 Å². The van der Waals surface area contributed by atoms with E-state index in [1.54, 1.807) is 6.20 Å². The number of hydrogen-bond donors (Lipinski definition) is 1. The summed E-state index contributed by atoms with van der Waals surface area (Å²) in [6.07, 6.45) is 5.42. The van der Waals surface area contributed by atoms with Gasteiger partial charge in [-0.1, -0.05) is 12.1 Å². The number of pyridine rings is 1. The van der Waals surface area contributed by atoms with E-state index >= 15 is 0 Å². The van der Waals surface area contributed by atoms with Crippen LogP contribution in [0.5, 0.6) is 0 Å². The Morgan fingerprint density at radius 1 is 1.32 bits per heavy atom. The van der Waals surface area contributed by atoms with Crippen molar-refractivity contribution < 1.29 is 13.6 Å². The minimum Gasteiger partial charge on any atom is -0.352 e. The summed E-state index contributed by atoms with van der Waals surface area (Å²) in [5.74, 6) is -1.56. The average molecular weight is 345 g/mol. The second-order valence-electron chi connectivity index (χ2n) is 6.42. The Bertz CT molecular complexity index is 724. The van der Waals surface area contributed by atoms with Crippen LogP contribution in [0.25, 0.3) is 0 Å². The summed E-state index contributed by atoms with van der Waals surface area (Å²) in [6.45, 7) is 2.53. The molecule has 1 aromatic heterocycles. The Kier molecular flexibility index (Phi) is 5.71. The van der Waals surface area contributed by atoms with Crippen molar-refractivity contribution in [3.63, 3.8) is 0 Å². The zero-order valence-corrected chi connectivity index (χ0v) is 13.9. The molecule has 0 radical (unpaired) electrons. The van der Waals surface area contributed by atoms with E-state index in [0.717, 1.165) is 44.1 Å². The Balaban J connectivity index is 1.52. The highest BCUT2D eigenvalue weighted by Crippen LogP contribution is 2.14. The lowest BCUT2D eigenvalue weighted by atomic mass is 10.0. The Morgan fingerprint density at radius 2 is 2.20 bits per heavy atom. The Morgan fingerprint density at radius 3 is 2.96 bits per heavy atom. The zero-order valence-electron chi connectivity index (χ0n) is 13.9. The van der Waals surface area contributed by atoms with Crippen molar-refractivity contribution >= 4 is 5.91 Å². The molecule has 1 aliphatic rings. The summed E-state index contributed by atoms with van der Waals surface area (Å²) in [5, 5.41) is 2.97. The fourth-order valence-electron chi connectivity index (χ4n) is 3.18. The predicted octanol–water partition coefficient (Wildman–Crippen LogP) is 2.68. The van der Waals surface area contributed by atoms with Gasteiger partial charge in [0.25, 0.3) is 0 Å². The van der Waals surface area contributed by atoms with Crippen LogP contribution in [0.1, 0.15) is 24.0 Å². The van der Waals surface area contributed by atoms with Gasteiger partial charge < -0.3 is 5.32 Å². The van der Waals surface area contributed by atoms with Gasteiger partial charge in [-0.15, -0.1) is 0 Å². The molecule has 3 rings (SSSR count). The first-order valence-electron chi connectivity index (χ1n) is 8.45. The molecular formula is C19H21F2N3O. The predicted molar refractivity (Wildman–Crippen MR) is 90.7 cm³/mol. The van der Waals surface area contributed by atoms with E-state index in [9.17, 15) is 13.6 Å². The molecule has 0 saturated carbocycles. The van der Waals surface area contributed by atoms with Crippen molar-refractivity contribution in [3.8, 4) is 0 Å². The molecule has 4 nitrogen and oxygen atoms in total. The molecule has 0 unspecified atom stereocenters. The van der Waals surface area contributed by atoms with Crippen LogP contribution in [-0.2, 0) is 17.8 Å². The molecule has 1 aliphatic heterocycles. The van der Waals surface area contributed by atoms with Gasteiger partial charge in [-0.2, -0.15) is 0 Å². The van der Waals surface area contributed by atoms with E-state index in [-0.39, 0.29) is 23.9 Å². The lowest BCUT2D eigenvalue weighted by Gasteiger charge is -2.33. The van der Waals surface area contributed by atoms with E-state index in [1.165, 1.54) is 12.1 Å². The number of rotatable bonds is 5. The first-order valence-corrected chi connectivity index (χ1v) is 8.45. The third-order valence-electron chi connectivity index (χ3n) is 4.37. The van der Waals surface area contributed by atoms with E-state index in [0.29, 0.717) is 0 Å². The van der Waals surface area contributed by atoms with Crippen molar-refractivity contribution in [2.75, 3.05) is 13.1 Å². The van der Waals surface area contributed by atoms with E-state index in [1.807, 2.05) is 18.3 Å². The van der Waals surface area contributed by atoms with Crippen LogP contribution in [0.3, 0.4) is 0 Å². The second-order valence-corrected chi connectivity index (χ2v) is 6.42. The van der Waals surface area contributed by atoms with Crippen molar-refractivity contribution in [2.45, 2.75) is 31.8 Å². The van der Waals surface area contributed by atoms with Gasteiger partial charge in [0.05, 0.1) is 6.42 Å². The largest absolute Gasteiger partial charge is 0.352 e. The molecule has 25 heavy (non-hydrogen) atoms. The van der Waals surface area contributed by atoms with Gasteiger partial charge in [-0.05, 0) is 42.6 Å². The maximum atomic E-state index is 13.7. The van der Waals surface area contributed by atoms with Crippen molar-refractivity contribution in [1.29, 1.82) is 0 Å². The smallest absolute Gasteiger partial charge is 0.224 e. The zero-order chi connectivity index (χ0) is 17.6. The number of amides is 1. The molecule has 2 aromatic rings. The van der Waals surface area contributed by atoms with Gasteiger partial charge >= 0.3 is 0 Å². The molecule has 1 atom stereocenters. The first kappa shape index (κ1) is 17.5. The summed E-state index contributed by atoms with van der Waals surface area (Å²) in [6, 6.07) is 7.28. The van der Waals surface area contributed by atoms with Gasteiger partial charge in [-0.25, -0.2) is 8.78 Å². The molecule has 2 heterocycles. The van der Waals surface area contributed by atoms with Gasteiger partial charge in [0.15, 0.2) is 0 Å². The molecule has 1 N–H and O–H groups in total. The van der Waals surface area contributed by atoms with Crippen LogP contribution in [0.4, 0.5) is 8.78 Å². The number of likely N-dealkylation sites (tertiary alicyclic amines) is 1. The maximum absolute atomic E-state index is 13.7. The van der Waals surface area contributed by atoms with Crippen molar-refractivity contribution in [2.24, 2.45) is 0 Å². The molecule has 0 aliphatic carbocycles. The van der Waals surface area contributed by atoms with E-state index in [4.69, 9.17) is 0 Å². The first-order chi connectivity index (χ1) is 12.1. The highest BCUT2D eigenvalue weighted by atomic mass is 19.1. The number of nitrogens with one attached hydrogen (secondary N) is 1. The summed E-state index contributed by atoms with van der Waals surface area (Å²) >= 11 is 0. The molecule has 0 bridgehead atoms. The minimum absolute atomic E-state index is 0.0430. The van der Waals surface area contributed by atoms with Crippen LogP contribution >= 0.6 is 0 Å². The van der Waals surface area contributed by atoms with Crippen molar-refractivity contribution in [3.05, 3.63) is 65.5 Å². The van der Waals surface area contributed by atoms with Gasteiger partial charge in [0, 0.05) is 37.6 Å². The van der Waals surface area contributed by atoms with Gasteiger partial charge in [-0.3, -0.25) is 14.7 Å². The molecule has 1 fully saturated rings. The number of hydrogen-bond acceptors (Lipinski definition) is 3. The normalized spacial score (nSPS) is 18.1. The lowest BCUT2D eigenvalue weighted by Crippen LogP contribution is -2.47. The molecule has 1 saturated heterocycles. The summed E-state index contributed by atoms with van der Waals surface area (Å²) < 4.78 is 26.6. The number of carbonyl (C=O) groups is 1. The molecular weight excluding hydrogens is 324 g/mol. The minimum atomic E-state index is -0.683. The Hall–Kier alpha value is -2.34. The highest BCUT2D eigenvalue weighted by molar-refractivity contribution is 5.78. The van der Waals surface area contributed by atoms with Crippen LogP contribution in [0.2, 0.25) is 0 Å². The fourth-order valence-corrected chi connectivity index (χ4v) is 3.18. The van der Waals surface area contributed by atoms with E-state index < -0.39 is 11.6 Å². The van der Waals surface area contributed by atoms with Crippen LogP contribution in [0.15, 0.2) is 42.7 Å². The standard InChI is InChI=1S/C19H21F2N3O/c20-16-6-5-15(18(21)10-16)9-19(25)23-17-4-2-8-24(13-17)12-14-3-1-7-22-11-14/h1,3,5-7,10-11,17H,2,4,8-9,12-13H2,(H,23,25)/t17-/m0/s1. The van der Waals surface area contributed by atoms with E-state index in [2.05, 4.69) is 15.2 Å². The molecule has 132 valence electrons. The summed E-state index contributed by atoms with van der Waals surface area (Å²) in [7, 11) is 0. The highest BCUT2D eigenvalue weighted by Gasteiger charge is 2.22. The number of aromatic nitrogens is 1. The number of nitrogens with zero attached hydrogens (tertiary/aromatic N) is 2. The van der Waals surface area contributed by atoms with Crippen LogP contribution in [0, 0.1) is 11.6 Å². The van der Waals surface area contributed by atoms with Crippen LogP contribution < -0.4 is 5.32 Å². The molecule has 1 aromatic carbocycles. The summed E-state index contributed by atoms with van der Waals surface area (Å²) in [5.41, 5.74) is 1.35. The molecule has 1 amide bonds. The Labute approximate surface area is 145 Å². The number of carbonyl (C=O) groups excluding carboxylic acids is 1. The third kappa shape index (κ3) is 5.06. The SMILES string of the molecule is O=C(Cc1ccc(F)cc1F)N[C@H]1CCCN(Cc2cccnc2)C1. The van der Waals surface area contributed by atoms with Crippen LogP contribution in [-0.4, -0.2) is 34.9 Å². The number of piperidine rings is 1. The average Bonchev–Trinajstić information content (AvgIpc) is 2.59. The quantitative estimate of drug-likeness (QED) is 0.906. The maximum Gasteiger partial charge on any atom is 0.224 e. The monoisotopic (exact) mass is 345 g/mol. The number of halogens is 2. The summed E-state index contributed by atoms with van der Waals surface area (Å²) in [4.78, 5) is 18.6. The second kappa shape index (κ2) is 8.16. The topological polar surface area (TPSA) is 45.2 Å². The van der Waals surface area contributed by atoms with Crippen molar-refractivity contribution in [1.82, 2.24) is 15.2 Å². The third-order valence-corrected chi connectivity index (χ3v) is 4.37. The fraction of sp³-hybridized carbons (Fsp3) is 0.368.